The summed E-state index contributed by atoms with van der Waals surface area (Å²) in [5, 5.41) is 3.54. The zero-order chi connectivity index (χ0) is 15.2. The van der Waals surface area contributed by atoms with Gasteiger partial charge < -0.3 is 14.5 Å². The molecule has 0 radical (unpaired) electrons. The van der Waals surface area contributed by atoms with Gasteiger partial charge >= 0.3 is 0 Å². The molecule has 0 saturated heterocycles. The quantitative estimate of drug-likeness (QED) is 0.840. The average molecular weight is 288 g/mol. The molecule has 0 bridgehead atoms. The van der Waals surface area contributed by atoms with Gasteiger partial charge in [0.2, 0.25) is 0 Å². The van der Waals surface area contributed by atoms with E-state index in [1.807, 2.05) is 33.0 Å². The Bertz CT molecular complexity index is 563. The Morgan fingerprint density at radius 2 is 2.05 bits per heavy atom. The minimum absolute atomic E-state index is 0.0746. The summed E-state index contributed by atoms with van der Waals surface area (Å²) in [6.07, 6.45) is 6.64. The summed E-state index contributed by atoms with van der Waals surface area (Å²) in [7, 11) is 0. The molecular weight excluding hydrogens is 264 g/mol. The van der Waals surface area contributed by atoms with E-state index in [0.29, 0.717) is 0 Å². The van der Waals surface area contributed by atoms with Crippen molar-refractivity contribution in [3.63, 3.8) is 0 Å². The van der Waals surface area contributed by atoms with Crippen molar-refractivity contribution < 1.29 is 9.15 Å². The summed E-state index contributed by atoms with van der Waals surface area (Å²) in [6, 6.07) is 4.18. The number of furan rings is 1. The first kappa shape index (κ1) is 15.6. The molecule has 0 aliphatic heterocycles. The summed E-state index contributed by atoms with van der Waals surface area (Å²) in [5.41, 5.74) is 2.20. The largest absolute Gasteiger partial charge is 0.489 e. The standard InChI is InChI=1S/C17H24N2O2/c1-5-6-19-17(15-7-13(4)20-11-15)14-8-16(10-18-9-14)21-12(2)3/h7-12,17,19H,5-6H2,1-4H3. The van der Waals surface area contributed by atoms with Gasteiger partial charge in [0.15, 0.2) is 0 Å². The first-order chi connectivity index (χ1) is 10.1. The SMILES string of the molecule is CCCNC(c1cncc(OC(C)C)c1)c1coc(C)c1. The van der Waals surface area contributed by atoms with Gasteiger partial charge in [0.05, 0.1) is 24.6 Å². The number of pyridine rings is 1. The molecule has 2 heterocycles. The van der Waals surface area contributed by atoms with Gasteiger partial charge in [-0.15, -0.1) is 0 Å². The van der Waals surface area contributed by atoms with Gasteiger partial charge in [-0.3, -0.25) is 4.98 Å². The minimum atomic E-state index is 0.0746. The molecule has 0 aliphatic carbocycles. The molecule has 21 heavy (non-hydrogen) atoms. The van der Waals surface area contributed by atoms with Crippen LogP contribution in [0.25, 0.3) is 0 Å². The third-order valence-corrected chi connectivity index (χ3v) is 3.12. The van der Waals surface area contributed by atoms with Gasteiger partial charge in [0.1, 0.15) is 11.5 Å². The van der Waals surface area contributed by atoms with Crippen molar-refractivity contribution in [2.45, 2.75) is 46.3 Å². The van der Waals surface area contributed by atoms with Crippen LogP contribution < -0.4 is 10.1 Å². The van der Waals surface area contributed by atoms with Crippen molar-refractivity contribution in [3.05, 3.63) is 47.7 Å². The van der Waals surface area contributed by atoms with E-state index in [-0.39, 0.29) is 12.1 Å². The number of aromatic nitrogens is 1. The van der Waals surface area contributed by atoms with E-state index in [4.69, 9.17) is 9.15 Å². The van der Waals surface area contributed by atoms with E-state index in [2.05, 4.69) is 23.3 Å². The molecule has 1 N–H and O–H groups in total. The molecule has 4 nitrogen and oxygen atoms in total. The van der Waals surface area contributed by atoms with Crippen molar-refractivity contribution in [3.8, 4) is 5.75 Å². The molecule has 2 rings (SSSR count). The van der Waals surface area contributed by atoms with Crippen molar-refractivity contribution >= 4 is 0 Å². The second-order valence-electron chi connectivity index (χ2n) is 5.50. The highest BCUT2D eigenvalue weighted by Gasteiger charge is 2.16. The maximum atomic E-state index is 5.74. The molecule has 0 amide bonds. The van der Waals surface area contributed by atoms with E-state index in [1.165, 1.54) is 0 Å². The van der Waals surface area contributed by atoms with Crippen LogP contribution >= 0.6 is 0 Å². The number of nitrogens with one attached hydrogen (secondary N) is 1. The number of hydrogen-bond donors (Lipinski definition) is 1. The number of hydrogen-bond acceptors (Lipinski definition) is 4. The Hall–Kier alpha value is -1.81. The molecule has 4 heteroatoms. The fourth-order valence-electron chi connectivity index (χ4n) is 2.26. The predicted octanol–water partition coefficient (Wildman–Crippen LogP) is 3.86. The molecule has 0 saturated carbocycles. The second kappa shape index (κ2) is 7.27. The fraction of sp³-hybridized carbons (Fsp3) is 0.471. The number of nitrogens with zero attached hydrogens (tertiary/aromatic N) is 1. The molecule has 2 aromatic rings. The zero-order valence-electron chi connectivity index (χ0n) is 13.2. The number of aryl methyl sites for hydroxylation is 1. The van der Waals surface area contributed by atoms with E-state index < -0.39 is 0 Å². The van der Waals surface area contributed by atoms with Gasteiger partial charge in [-0.25, -0.2) is 0 Å². The van der Waals surface area contributed by atoms with Gasteiger partial charge in [-0.2, -0.15) is 0 Å². The van der Waals surface area contributed by atoms with Gasteiger partial charge in [-0.05, 0) is 51.4 Å². The van der Waals surface area contributed by atoms with Crippen LogP contribution in [0.15, 0.2) is 35.2 Å². The van der Waals surface area contributed by atoms with Crippen LogP contribution in [0, 0.1) is 6.92 Å². The zero-order valence-corrected chi connectivity index (χ0v) is 13.2. The smallest absolute Gasteiger partial charge is 0.138 e. The maximum Gasteiger partial charge on any atom is 0.138 e. The van der Waals surface area contributed by atoms with Crippen LogP contribution in [0.5, 0.6) is 5.75 Å². The highest BCUT2D eigenvalue weighted by molar-refractivity contribution is 5.33. The Labute approximate surface area is 126 Å². The molecule has 1 unspecified atom stereocenters. The molecule has 114 valence electrons. The lowest BCUT2D eigenvalue weighted by atomic mass is 10.0. The van der Waals surface area contributed by atoms with E-state index in [9.17, 15) is 0 Å². The van der Waals surface area contributed by atoms with Crippen LogP contribution in [-0.2, 0) is 0 Å². The Morgan fingerprint density at radius 3 is 2.67 bits per heavy atom. The Balaban J connectivity index is 2.27. The third kappa shape index (κ3) is 4.33. The van der Waals surface area contributed by atoms with Crippen molar-refractivity contribution in [1.29, 1.82) is 0 Å². The van der Waals surface area contributed by atoms with Crippen LogP contribution in [0.1, 0.15) is 50.1 Å². The minimum Gasteiger partial charge on any atom is -0.489 e. The fourth-order valence-corrected chi connectivity index (χ4v) is 2.26. The van der Waals surface area contributed by atoms with Crippen molar-refractivity contribution in [2.75, 3.05) is 6.54 Å². The highest BCUT2D eigenvalue weighted by Crippen LogP contribution is 2.26. The maximum absolute atomic E-state index is 5.74. The summed E-state index contributed by atoms with van der Waals surface area (Å²) in [4.78, 5) is 4.30. The first-order valence-corrected chi connectivity index (χ1v) is 7.50. The van der Waals surface area contributed by atoms with Crippen LogP contribution in [-0.4, -0.2) is 17.6 Å². The average Bonchev–Trinajstić information content (AvgIpc) is 2.85. The molecule has 0 aromatic carbocycles. The Kier molecular flexibility index (Phi) is 5.39. The van der Waals surface area contributed by atoms with E-state index >= 15 is 0 Å². The van der Waals surface area contributed by atoms with Crippen LogP contribution in [0.4, 0.5) is 0 Å². The van der Waals surface area contributed by atoms with Crippen molar-refractivity contribution in [2.24, 2.45) is 0 Å². The molecule has 0 spiro atoms. The lowest BCUT2D eigenvalue weighted by Crippen LogP contribution is -2.23. The summed E-state index contributed by atoms with van der Waals surface area (Å²) >= 11 is 0. The van der Waals surface area contributed by atoms with Gasteiger partial charge in [0.25, 0.3) is 0 Å². The molecule has 2 aromatic heterocycles. The van der Waals surface area contributed by atoms with Crippen LogP contribution in [0.2, 0.25) is 0 Å². The number of ether oxygens (including phenoxy) is 1. The second-order valence-corrected chi connectivity index (χ2v) is 5.50. The van der Waals surface area contributed by atoms with Crippen LogP contribution in [0.3, 0.4) is 0 Å². The van der Waals surface area contributed by atoms with E-state index in [1.54, 1.807) is 12.5 Å². The highest BCUT2D eigenvalue weighted by atomic mass is 16.5. The third-order valence-electron chi connectivity index (χ3n) is 3.12. The monoisotopic (exact) mass is 288 g/mol. The first-order valence-electron chi connectivity index (χ1n) is 7.50. The van der Waals surface area contributed by atoms with Gasteiger partial charge in [0, 0.05) is 11.8 Å². The Morgan fingerprint density at radius 1 is 1.24 bits per heavy atom. The molecular formula is C17H24N2O2. The summed E-state index contributed by atoms with van der Waals surface area (Å²) < 4.78 is 11.2. The molecule has 1 atom stereocenters. The summed E-state index contributed by atoms with van der Waals surface area (Å²) in [5.74, 6) is 1.71. The molecule has 0 aliphatic rings. The van der Waals surface area contributed by atoms with E-state index in [0.717, 1.165) is 35.6 Å². The summed E-state index contributed by atoms with van der Waals surface area (Å²) in [6.45, 7) is 9.07. The lowest BCUT2D eigenvalue weighted by Gasteiger charge is -2.18. The molecule has 0 fully saturated rings. The topological polar surface area (TPSA) is 47.3 Å². The number of rotatable bonds is 7. The lowest BCUT2D eigenvalue weighted by molar-refractivity contribution is 0.241. The van der Waals surface area contributed by atoms with Crippen molar-refractivity contribution in [1.82, 2.24) is 10.3 Å². The predicted molar refractivity (Wildman–Crippen MR) is 83.6 cm³/mol. The normalized spacial score (nSPS) is 12.6. The van der Waals surface area contributed by atoms with Gasteiger partial charge in [-0.1, -0.05) is 6.92 Å².